The molecule has 1 heterocycles. The van der Waals surface area contributed by atoms with Gasteiger partial charge >= 0.3 is 6.03 Å². The Morgan fingerprint density at radius 2 is 2.21 bits per heavy atom. The molecule has 0 unspecified atom stereocenters. The summed E-state index contributed by atoms with van der Waals surface area (Å²) in [4.78, 5) is 13.5. The zero-order chi connectivity index (χ0) is 13.5. The number of hydrogen-bond donors (Lipinski definition) is 1. The van der Waals surface area contributed by atoms with Crippen LogP contribution in [0.2, 0.25) is 0 Å². The van der Waals surface area contributed by atoms with Gasteiger partial charge in [0.2, 0.25) is 0 Å². The molecule has 0 saturated carbocycles. The van der Waals surface area contributed by atoms with E-state index >= 15 is 0 Å². The van der Waals surface area contributed by atoms with Crippen LogP contribution in [-0.4, -0.2) is 44.3 Å². The third kappa shape index (κ3) is 3.99. The molecule has 2 amide bonds. The number of benzene rings is 1. The number of nitrogens with zero attached hydrogens (tertiary/aromatic N) is 1. The van der Waals surface area contributed by atoms with Gasteiger partial charge < -0.3 is 19.7 Å². The highest BCUT2D eigenvalue weighted by atomic mass is 16.5. The molecule has 0 aliphatic carbocycles. The van der Waals surface area contributed by atoms with Gasteiger partial charge in [0.25, 0.3) is 0 Å². The van der Waals surface area contributed by atoms with E-state index in [0.717, 1.165) is 11.3 Å². The van der Waals surface area contributed by atoms with Gasteiger partial charge in [-0.1, -0.05) is 12.1 Å². The van der Waals surface area contributed by atoms with E-state index in [4.69, 9.17) is 9.47 Å². The predicted octanol–water partition coefficient (Wildman–Crippen LogP) is 1.71. The van der Waals surface area contributed by atoms with Gasteiger partial charge in [0.1, 0.15) is 5.75 Å². The first kappa shape index (κ1) is 13.4. The Morgan fingerprint density at radius 1 is 1.42 bits per heavy atom. The van der Waals surface area contributed by atoms with Crippen LogP contribution in [0, 0.1) is 0 Å². The van der Waals surface area contributed by atoms with Gasteiger partial charge in [-0.05, 0) is 23.8 Å². The molecule has 2 rings (SSSR count). The molecule has 1 N–H and O–H groups in total. The maximum Gasteiger partial charge on any atom is 0.321 e. The average molecular weight is 262 g/mol. The molecule has 19 heavy (non-hydrogen) atoms. The van der Waals surface area contributed by atoms with E-state index in [1.807, 2.05) is 30.3 Å². The number of morpholine rings is 1. The predicted molar refractivity (Wildman–Crippen MR) is 73.0 cm³/mol. The Kier molecular flexibility index (Phi) is 4.80. The van der Waals surface area contributed by atoms with Crippen molar-refractivity contribution < 1.29 is 14.3 Å². The fraction of sp³-hybridized carbons (Fsp3) is 0.357. The first-order valence-electron chi connectivity index (χ1n) is 6.23. The number of methoxy groups -OCH3 is 1. The summed E-state index contributed by atoms with van der Waals surface area (Å²) in [5.74, 6) is 0.793. The number of carbonyl (C=O) groups excluding carboxylic acids is 1. The minimum Gasteiger partial charge on any atom is -0.497 e. The lowest BCUT2D eigenvalue weighted by Crippen LogP contribution is -2.44. The maximum atomic E-state index is 11.8. The van der Waals surface area contributed by atoms with E-state index in [-0.39, 0.29) is 6.03 Å². The molecule has 0 radical (unpaired) electrons. The van der Waals surface area contributed by atoms with E-state index in [1.165, 1.54) is 0 Å². The van der Waals surface area contributed by atoms with Gasteiger partial charge in [0.05, 0.1) is 20.3 Å². The first-order valence-corrected chi connectivity index (χ1v) is 6.23. The highest BCUT2D eigenvalue weighted by Crippen LogP contribution is 2.13. The highest BCUT2D eigenvalue weighted by Gasteiger charge is 2.14. The van der Waals surface area contributed by atoms with E-state index in [0.29, 0.717) is 26.3 Å². The van der Waals surface area contributed by atoms with E-state index in [9.17, 15) is 4.79 Å². The van der Waals surface area contributed by atoms with Crippen molar-refractivity contribution in [2.75, 3.05) is 33.4 Å². The van der Waals surface area contributed by atoms with E-state index in [1.54, 1.807) is 18.2 Å². The molecule has 0 aromatic heterocycles. The molecular weight excluding hydrogens is 244 g/mol. The van der Waals surface area contributed by atoms with Gasteiger partial charge in [0.15, 0.2) is 0 Å². The molecule has 0 bridgehead atoms. The molecule has 5 heteroatoms. The van der Waals surface area contributed by atoms with Crippen LogP contribution < -0.4 is 10.1 Å². The van der Waals surface area contributed by atoms with Crippen molar-refractivity contribution in [3.8, 4) is 5.75 Å². The maximum absolute atomic E-state index is 11.8. The Bertz CT molecular complexity index is 454. The standard InChI is InChI=1S/C14H18N2O3/c1-18-13-4-2-3-12(11-13)5-6-15-14(17)16-7-9-19-10-8-16/h2-6,11H,7-10H2,1H3,(H,15,17)/b6-5+. The van der Waals surface area contributed by atoms with Crippen LogP contribution in [-0.2, 0) is 4.74 Å². The monoisotopic (exact) mass is 262 g/mol. The van der Waals surface area contributed by atoms with Crippen molar-refractivity contribution in [3.63, 3.8) is 0 Å². The number of ether oxygens (including phenoxy) is 2. The van der Waals surface area contributed by atoms with E-state index < -0.39 is 0 Å². The lowest BCUT2D eigenvalue weighted by atomic mass is 10.2. The molecule has 102 valence electrons. The van der Waals surface area contributed by atoms with Crippen molar-refractivity contribution in [2.24, 2.45) is 0 Å². The lowest BCUT2D eigenvalue weighted by molar-refractivity contribution is 0.0540. The Morgan fingerprint density at radius 3 is 2.95 bits per heavy atom. The van der Waals surface area contributed by atoms with Crippen LogP contribution in [0.3, 0.4) is 0 Å². The number of urea groups is 1. The summed E-state index contributed by atoms with van der Waals surface area (Å²) in [6.07, 6.45) is 3.48. The summed E-state index contributed by atoms with van der Waals surface area (Å²) in [7, 11) is 1.63. The summed E-state index contributed by atoms with van der Waals surface area (Å²) in [5, 5.41) is 2.75. The second-order valence-corrected chi connectivity index (χ2v) is 4.16. The molecule has 1 aromatic carbocycles. The fourth-order valence-electron chi connectivity index (χ4n) is 1.81. The molecule has 1 aliphatic heterocycles. The fourth-order valence-corrected chi connectivity index (χ4v) is 1.81. The SMILES string of the molecule is COc1cccc(/C=C/NC(=O)N2CCOCC2)c1. The van der Waals surface area contributed by atoms with Crippen LogP contribution in [0.4, 0.5) is 4.79 Å². The van der Waals surface area contributed by atoms with Crippen LogP contribution in [0.25, 0.3) is 6.08 Å². The van der Waals surface area contributed by atoms with Crippen molar-refractivity contribution in [2.45, 2.75) is 0 Å². The summed E-state index contributed by atoms with van der Waals surface area (Å²) in [6, 6.07) is 7.53. The molecule has 0 spiro atoms. The van der Waals surface area contributed by atoms with Crippen molar-refractivity contribution >= 4 is 12.1 Å². The number of carbonyl (C=O) groups is 1. The highest BCUT2D eigenvalue weighted by molar-refractivity contribution is 5.76. The Balaban J connectivity index is 1.86. The number of hydrogen-bond acceptors (Lipinski definition) is 3. The zero-order valence-electron chi connectivity index (χ0n) is 11.0. The second-order valence-electron chi connectivity index (χ2n) is 4.16. The first-order chi connectivity index (χ1) is 9.29. The van der Waals surface area contributed by atoms with Crippen molar-refractivity contribution in [1.29, 1.82) is 0 Å². The summed E-state index contributed by atoms with van der Waals surface area (Å²) in [6.45, 7) is 2.48. The normalized spacial score (nSPS) is 15.5. The lowest BCUT2D eigenvalue weighted by Gasteiger charge is -2.26. The van der Waals surface area contributed by atoms with Crippen molar-refractivity contribution in [1.82, 2.24) is 10.2 Å². The van der Waals surface area contributed by atoms with E-state index in [2.05, 4.69) is 5.32 Å². The molecule has 1 aliphatic rings. The number of nitrogens with one attached hydrogen (secondary N) is 1. The number of amides is 2. The van der Waals surface area contributed by atoms with Gasteiger partial charge in [-0.3, -0.25) is 0 Å². The average Bonchev–Trinajstić information content (AvgIpc) is 2.48. The summed E-state index contributed by atoms with van der Waals surface area (Å²) in [5.41, 5.74) is 0.974. The quantitative estimate of drug-likeness (QED) is 0.902. The third-order valence-electron chi connectivity index (χ3n) is 2.87. The summed E-state index contributed by atoms with van der Waals surface area (Å²) < 4.78 is 10.3. The largest absolute Gasteiger partial charge is 0.497 e. The van der Waals surface area contributed by atoms with Crippen molar-refractivity contribution in [3.05, 3.63) is 36.0 Å². The van der Waals surface area contributed by atoms with Crippen LogP contribution in [0.5, 0.6) is 5.75 Å². The zero-order valence-corrected chi connectivity index (χ0v) is 11.0. The number of rotatable bonds is 3. The molecule has 1 saturated heterocycles. The van der Waals surface area contributed by atoms with Crippen LogP contribution >= 0.6 is 0 Å². The van der Waals surface area contributed by atoms with Gasteiger partial charge in [-0.2, -0.15) is 0 Å². The Labute approximate surface area is 112 Å². The molecular formula is C14H18N2O3. The van der Waals surface area contributed by atoms with Gasteiger partial charge in [-0.25, -0.2) is 4.79 Å². The third-order valence-corrected chi connectivity index (χ3v) is 2.87. The molecule has 1 fully saturated rings. The molecule has 0 atom stereocenters. The van der Waals surface area contributed by atoms with Gasteiger partial charge in [-0.15, -0.1) is 0 Å². The molecule has 1 aromatic rings. The minimum absolute atomic E-state index is 0.0950. The second kappa shape index (κ2) is 6.80. The molecule has 5 nitrogen and oxygen atoms in total. The van der Waals surface area contributed by atoms with Crippen LogP contribution in [0.1, 0.15) is 5.56 Å². The minimum atomic E-state index is -0.0950. The van der Waals surface area contributed by atoms with Gasteiger partial charge in [0, 0.05) is 19.3 Å². The smallest absolute Gasteiger partial charge is 0.321 e. The summed E-state index contributed by atoms with van der Waals surface area (Å²) >= 11 is 0. The topological polar surface area (TPSA) is 50.8 Å². The Hall–Kier alpha value is -2.01. The van der Waals surface area contributed by atoms with Crippen LogP contribution in [0.15, 0.2) is 30.5 Å².